The van der Waals surface area contributed by atoms with E-state index in [0.29, 0.717) is 17.9 Å². The highest BCUT2D eigenvalue weighted by atomic mass is 16.4. The van der Waals surface area contributed by atoms with Gasteiger partial charge in [-0.3, -0.25) is 9.88 Å². The van der Waals surface area contributed by atoms with E-state index >= 15 is 0 Å². The van der Waals surface area contributed by atoms with Gasteiger partial charge < -0.3 is 10.0 Å². The van der Waals surface area contributed by atoms with Crippen LogP contribution in [0.5, 0.6) is 0 Å². The molecule has 0 spiro atoms. The van der Waals surface area contributed by atoms with E-state index in [1.807, 2.05) is 0 Å². The van der Waals surface area contributed by atoms with Crippen molar-refractivity contribution in [1.29, 1.82) is 0 Å². The summed E-state index contributed by atoms with van der Waals surface area (Å²) < 4.78 is 0. The first kappa shape index (κ1) is 14.7. The van der Waals surface area contributed by atoms with Crippen LogP contribution in [0.4, 0.5) is 5.82 Å². The number of carboxylic acids is 1. The molecule has 1 saturated heterocycles. The third-order valence-corrected chi connectivity index (χ3v) is 3.83. The van der Waals surface area contributed by atoms with E-state index in [0.717, 1.165) is 26.1 Å². The van der Waals surface area contributed by atoms with Crippen LogP contribution in [-0.4, -0.2) is 57.7 Å². The second kappa shape index (κ2) is 6.17. The van der Waals surface area contributed by atoms with E-state index in [9.17, 15) is 4.79 Å². The van der Waals surface area contributed by atoms with E-state index in [2.05, 4.69) is 40.5 Å². The predicted molar refractivity (Wildman–Crippen MR) is 77.1 cm³/mol. The summed E-state index contributed by atoms with van der Waals surface area (Å²) in [4.78, 5) is 23.8. The monoisotopic (exact) mass is 278 g/mol. The Hall–Kier alpha value is -1.69. The van der Waals surface area contributed by atoms with Gasteiger partial charge >= 0.3 is 5.97 Å². The Labute approximate surface area is 119 Å². The van der Waals surface area contributed by atoms with E-state index in [1.165, 1.54) is 6.20 Å². The number of nitrogens with zero attached hydrogens (tertiary/aromatic N) is 4. The highest BCUT2D eigenvalue weighted by Gasteiger charge is 2.28. The zero-order valence-electron chi connectivity index (χ0n) is 12.3. The molecule has 1 aliphatic heterocycles. The van der Waals surface area contributed by atoms with Crippen molar-refractivity contribution in [2.75, 3.05) is 24.5 Å². The molecule has 1 unspecified atom stereocenters. The zero-order valence-corrected chi connectivity index (χ0v) is 12.3. The van der Waals surface area contributed by atoms with Crippen LogP contribution in [0.3, 0.4) is 0 Å². The maximum atomic E-state index is 11.0. The molecule has 0 saturated carbocycles. The van der Waals surface area contributed by atoms with Gasteiger partial charge in [-0.25, -0.2) is 9.78 Å². The lowest BCUT2D eigenvalue weighted by Gasteiger charge is -2.43. The molecule has 0 aromatic carbocycles. The number of hydrogen-bond donors (Lipinski definition) is 1. The number of hydrogen-bond acceptors (Lipinski definition) is 5. The highest BCUT2D eigenvalue weighted by molar-refractivity contribution is 5.85. The Bertz CT molecular complexity index is 478. The zero-order chi connectivity index (χ0) is 14.7. The molecule has 2 rings (SSSR count). The minimum absolute atomic E-state index is 0.00170. The highest BCUT2D eigenvalue weighted by Crippen LogP contribution is 2.20. The number of aromatic nitrogens is 2. The fraction of sp³-hybridized carbons (Fsp3) is 0.643. The molecule has 0 radical (unpaired) electrons. The molecule has 6 nitrogen and oxygen atoms in total. The fourth-order valence-electron chi connectivity index (χ4n) is 2.73. The van der Waals surface area contributed by atoms with E-state index in [4.69, 9.17) is 5.11 Å². The Morgan fingerprint density at radius 1 is 1.45 bits per heavy atom. The number of carboxylic acid groups (broad SMARTS) is 1. The quantitative estimate of drug-likeness (QED) is 0.899. The summed E-state index contributed by atoms with van der Waals surface area (Å²) >= 11 is 0. The van der Waals surface area contributed by atoms with Crippen molar-refractivity contribution in [2.24, 2.45) is 0 Å². The van der Waals surface area contributed by atoms with Crippen LogP contribution >= 0.6 is 0 Å². The first-order chi connectivity index (χ1) is 9.52. The summed E-state index contributed by atoms with van der Waals surface area (Å²) in [7, 11) is 0. The molecule has 0 amide bonds. The molecule has 2 heterocycles. The summed E-state index contributed by atoms with van der Waals surface area (Å²) in [5, 5.41) is 8.99. The molecule has 1 fully saturated rings. The lowest BCUT2D eigenvalue weighted by atomic mass is 10.1. The first-order valence-electron chi connectivity index (χ1n) is 7.09. The summed E-state index contributed by atoms with van der Waals surface area (Å²) in [6, 6.07) is 0.998. The van der Waals surface area contributed by atoms with E-state index in [-0.39, 0.29) is 5.69 Å². The van der Waals surface area contributed by atoms with Gasteiger partial charge in [-0.15, -0.1) is 0 Å². The maximum Gasteiger partial charge on any atom is 0.356 e. The second-order valence-electron chi connectivity index (χ2n) is 5.41. The summed E-state index contributed by atoms with van der Waals surface area (Å²) in [5.41, 5.74) is 0.00170. The molecule has 0 bridgehead atoms. The summed E-state index contributed by atoms with van der Waals surface area (Å²) in [6.45, 7) is 9.29. The smallest absolute Gasteiger partial charge is 0.356 e. The predicted octanol–water partition coefficient (Wildman–Crippen LogP) is 1.48. The molecule has 0 aliphatic carbocycles. The van der Waals surface area contributed by atoms with Gasteiger partial charge in [0.15, 0.2) is 5.69 Å². The van der Waals surface area contributed by atoms with Gasteiger partial charge in [0.05, 0.1) is 12.4 Å². The molecular weight excluding hydrogens is 256 g/mol. The first-order valence-corrected chi connectivity index (χ1v) is 7.09. The Kier molecular flexibility index (Phi) is 4.54. The lowest BCUT2D eigenvalue weighted by Crippen LogP contribution is -2.55. The number of anilines is 1. The normalized spacial score (nSPS) is 20.4. The molecule has 1 aromatic rings. The average Bonchev–Trinajstić information content (AvgIpc) is 2.46. The van der Waals surface area contributed by atoms with Gasteiger partial charge in [-0.2, -0.15) is 0 Å². The SMILES string of the molecule is CCC1CN(c2cncc(C(=O)O)n2)CCN1C(C)C. The number of piperazine rings is 1. The third kappa shape index (κ3) is 3.07. The van der Waals surface area contributed by atoms with Crippen LogP contribution in [0.15, 0.2) is 12.4 Å². The molecule has 1 atom stereocenters. The fourth-order valence-corrected chi connectivity index (χ4v) is 2.73. The van der Waals surface area contributed by atoms with Crippen LogP contribution in [0.2, 0.25) is 0 Å². The van der Waals surface area contributed by atoms with Crippen molar-refractivity contribution in [1.82, 2.24) is 14.9 Å². The number of aromatic carboxylic acids is 1. The van der Waals surface area contributed by atoms with Crippen LogP contribution in [-0.2, 0) is 0 Å². The van der Waals surface area contributed by atoms with E-state index in [1.54, 1.807) is 6.20 Å². The van der Waals surface area contributed by atoms with Gasteiger partial charge in [0.2, 0.25) is 0 Å². The number of rotatable bonds is 4. The van der Waals surface area contributed by atoms with Crippen molar-refractivity contribution >= 4 is 11.8 Å². The maximum absolute atomic E-state index is 11.0. The lowest BCUT2D eigenvalue weighted by molar-refractivity contribution is 0.0690. The van der Waals surface area contributed by atoms with Crippen molar-refractivity contribution in [3.63, 3.8) is 0 Å². The number of carbonyl (C=O) groups is 1. The second-order valence-corrected chi connectivity index (χ2v) is 5.41. The van der Waals surface area contributed by atoms with Gasteiger partial charge in [-0.05, 0) is 20.3 Å². The molecule has 1 aromatic heterocycles. The summed E-state index contributed by atoms with van der Waals surface area (Å²) in [6.07, 6.45) is 4.00. The Morgan fingerprint density at radius 2 is 2.20 bits per heavy atom. The topological polar surface area (TPSA) is 69.6 Å². The van der Waals surface area contributed by atoms with Crippen LogP contribution in [0.1, 0.15) is 37.7 Å². The van der Waals surface area contributed by atoms with Gasteiger partial charge in [-0.1, -0.05) is 6.92 Å². The average molecular weight is 278 g/mol. The summed E-state index contributed by atoms with van der Waals surface area (Å²) in [5.74, 6) is -0.376. The standard InChI is InChI=1S/C14H22N4O2/c1-4-11-9-17(5-6-18(11)10(2)3)13-8-15-7-12(16-13)14(19)20/h7-8,10-11H,4-6,9H2,1-3H3,(H,19,20). The van der Waals surface area contributed by atoms with Crippen LogP contribution in [0.25, 0.3) is 0 Å². The van der Waals surface area contributed by atoms with Crippen LogP contribution in [0, 0.1) is 0 Å². The van der Waals surface area contributed by atoms with Crippen molar-refractivity contribution in [3.8, 4) is 0 Å². The van der Waals surface area contributed by atoms with Crippen molar-refractivity contribution in [3.05, 3.63) is 18.1 Å². The van der Waals surface area contributed by atoms with Crippen molar-refractivity contribution < 1.29 is 9.90 Å². The Balaban J connectivity index is 2.15. The Morgan fingerprint density at radius 3 is 2.80 bits per heavy atom. The molecule has 1 N–H and O–H groups in total. The molecule has 1 aliphatic rings. The van der Waals surface area contributed by atoms with E-state index < -0.39 is 5.97 Å². The van der Waals surface area contributed by atoms with Gasteiger partial charge in [0.25, 0.3) is 0 Å². The molecule has 20 heavy (non-hydrogen) atoms. The third-order valence-electron chi connectivity index (χ3n) is 3.83. The minimum Gasteiger partial charge on any atom is -0.476 e. The van der Waals surface area contributed by atoms with Crippen molar-refractivity contribution in [2.45, 2.75) is 39.3 Å². The molecular formula is C14H22N4O2. The minimum atomic E-state index is -1.03. The molecule has 6 heteroatoms. The van der Waals surface area contributed by atoms with Gasteiger partial charge in [0.1, 0.15) is 5.82 Å². The van der Waals surface area contributed by atoms with Crippen LogP contribution < -0.4 is 4.90 Å². The van der Waals surface area contributed by atoms with Gasteiger partial charge in [0, 0.05) is 31.7 Å². The largest absolute Gasteiger partial charge is 0.476 e. The molecule has 110 valence electrons.